The molecule has 1 aromatic heterocycles. The number of carbonyl (C=O) groups excluding carboxylic acids is 1. The second kappa shape index (κ2) is 6.02. The summed E-state index contributed by atoms with van der Waals surface area (Å²) in [6.07, 6.45) is 3.81. The second-order valence-corrected chi connectivity index (χ2v) is 4.72. The Hall–Kier alpha value is -1.33. The van der Waals surface area contributed by atoms with Gasteiger partial charge in [-0.2, -0.15) is 0 Å². The minimum atomic E-state index is -0.417. The lowest BCUT2D eigenvalue weighted by atomic mass is 10.1. The van der Waals surface area contributed by atoms with E-state index in [0.29, 0.717) is 18.3 Å². The number of ether oxygens (including phenoxy) is 1. The molecule has 1 aromatic rings. The van der Waals surface area contributed by atoms with E-state index in [1.165, 1.54) is 13.4 Å². The second-order valence-electron chi connectivity index (χ2n) is 4.72. The molecule has 2 heterocycles. The lowest BCUT2D eigenvalue weighted by Gasteiger charge is -2.29. The molecule has 0 saturated carbocycles. The van der Waals surface area contributed by atoms with Crippen molar-refractivity contribution in [2.45, 2.75) is 25.4 Å². The first-order valence-corrected chi connectivity index (χ1v) is 6.27. The van der Waals surface area contributed by atoms with E-state index in [0.717, 1.165) is 31.5 Å². The minimum absolute atomic E-state index is 0.304. The van der Waals surface area contributed by atoms with Gasteiger partial charge in [0.25, 0.3) is 0 Å². The highest BCUT2D eigenvalue weighted by Crippen LogP contribution is 2.14. The molecule has 0 amide bonds. The van der Waals surface area contributed by atoms with Crippen LogP contribution < -0.4 is 5.32 Å². The average Bonchev–Trinajstić information content (AvgIpc) is 2.85. The van der Waals surface area contributed by atoms with Crippen molar-refractivity contribution in [1.82, 2.24) is 10.2 Å². The SMILES string of the molecule is COC(=O)c1occc1CNC1CCN(C)CC1. The summed E-state index contributed by atoms with van der Waals surface area (Å²) in [5.74, 6) is -0.113. The molecule has 5 heteroatoms. The Labute approximate surface area is 107 Å². The minimum Gasteiger partial charge on any atom is -0.463 e. The smallest absolute Gasteiger partial charge is 0.374 e. The van der Waals surface area contributed by atoms with Gasteiger partial charge in [-0.25, -0.2) is 4.79 Å². The Morgan fingerprint density at radius 1 is 1.56 bits per heavy atom. The number of piperidine rings is 1. The Morgan fingerprint density at radius 2 is 2.28 bits per heavy atom. The van der Waals surface area contributed by atoms with E-state index in [4.69, 9.17) is 4.42 Å². The lowest BCUT2D eigenvalue weighted by molar-refractivity contribution is 0.0563. The molecular weight excluding hydrogens is 232 g/mol. The molecule has 18 heavy (non-hydrogen) atoms. The van der Waals surface area contributed by atoms with E-state index in [1.807, 2.05) is 6.07 Å². The molecule has 0 radical (unpaired) electrons. The topological polar surface area (TPSA) is 54.7 Å². The van der Waals surface area contributed by atoms with Crippen LogP contribution in [0.15, 0.2) is 16.7 Å². The first-order chi connectivity index (χ1) is 8.70. The van der Waals surface area contributed by atoms with E-state index < -0.39 is 5.97 Å². The molecule has 1 aliphatic rings. The summed E-state index contributed by atoms with van der Waals surface area (Å²) in [4.78, 5) is 13.8. The summed E-state index contributed by atoms with van der Waals surface area (Å²) in [7, 11) is 3.50. The van der Waals surface area contributed by atoms with Crippen LogP contribution in [-0.2, 0) is 11.3 Å². The fraction of sp³-hybridized carbons (Fsp3) is 0.615. The highest BCUT2D eigenvalue weighted by atomic mass is 16.5. The van der Waals surface area contributed by atoms with Gasteiger partial charge in [0, 0.05) is 18.2 Å². The van der Waals surface area contributed by atoms with Crippen LogP contribution in [0.4, 0.5) is 0 Å². The Balaban J connectivity index is 1.87. The molecular formula is C13H20N2O3. The van der Waals surface area contributed by atoms with Gasteiger partial charge in [0.15, 0.2) is 0 Å². The number of furan rings is 1. The van der Waals surface area contributed by atoms with Crippen LogP contribution in [0.2, 0.25) is 0 Å². The number of methoxy groups -OCH3 is 1. The van der Waals surface area contributed by atoms with Gasteiger partial charge in [0.1, 0.15) is 0 Å². The maximum absolute atomic E-state index is 11.4. The van der Waals surface area contributed by atoms with Crippen molar-refractivity contribution in [3.63, 3.8) is 0 Å². The van der Waals surface area contributed by atoms with E-state index >= 15 is 0 Å². The number of hydrogen-bond donors (Lipinski definition) is 1. The van der Waals surface area contributed by atoms with Crippen LogP contribution in [0.1, 0.15) is 29.0 Å². The first-order valence-electron chi connectivity index (χ1n) is 6.27. The van der Waals surface area contributed by atoms with Crippen LogP contribution >= 0.6 is 0 Å². The standard InChI is InChI=1S/C13H20N2O3/c1-15-6-3-11(4-7-15)14-9-10-5-8-18-12(10)13(16)17-2/h5,8,11,14H,3-4,6-7,9H2,1-2H3. The third-order valence-corrected chi connectivity index (χ3v) is 3.42. The Morgan fingerprint density at radius 3 is 2.94 bits per heavy atom. The van der Waals surface area contributed by atoms with Crippen LogP contribution in [0.25, 0.3) is 0 Å². The molecule has 1 saturated heterocycles. The largest absolute Gasteiger partial charge is 0.463 e. The molecule has 2 rings (SSSR count). The van der Waals surface area contributed by atoms with Gasteiger partial charge in [-0.05, 0) is 39.0 Å². The molecule has 0 atom stereocenters. The van der Waals surface area contributed by atoms with Gasteiger partial charge < -0.3 is 19.4 Å². The Kier molecular flexibility index (Phi) is 4.38. The number of nitrogens with zero attached hydrogens (tertiary/aromatic N) is 1. The molecule has 5 nitrogen and oxygen atoms in total. The quantitative estimate of drug-likeness (QED) is 0.817. The summed E-state index contributed by atoms with van der Waals surface area (Å²) < 4.78 is 9.83. The third kappa shape index (κ3) is 3.11. The number of esters is 1. The zero-order chi connectivity index (χ0) is 13.0. The van der Waals surface area contributed by atoms with Gasteiger partial charge in [-0.3, -0.25) is 0 Å². The van der Waals surface area contributed by atoms with Crippen LogP contribution in [0.5, 0.6) is 0 Å². The molecule has 1 aliphatic heterocycles. The van der Waals surface area contributed by atoms with Gasteiger partial charge in [0.05, 0.1) is 13.4 Å². The van der Waals surface area contributed by atoms with Crippen molar-refractivity contribution in [2.24, 2.45) is 0 Å². The summed E-state index contributed by atoms with van der Waals surface area (Å²) in [6, 6.07) is 2.33. The van der Waals surface area contributed by atoms with Crippen LogP contribution in [-0.4, -0.2) is 44.2 Å². The fourth-order valence-electron chi connectivity index (χ4n) is 2.21. The molecule has 0 aliphatic carbocycles. The predicted octanol–water partition coefficient (Wildman–Crippen LogP) is 1.25. The summed E-state index contributed by atoms with van der Waals surface area (Å²) in [5.41, 5.74) is 0.862. The first kappa shape index (κ1) is 13.1. The van der Waals surface area contributed by atoms with Gasteiger partial charge in [-0.15, -0.1) is 0 Å². The lowest BCUT2D eigenvalue weighted by Crippen LogP contribution is -2.40. The highest BCUT2D eigenvalue weighted by molar-refractivity contribution is 5.87. The molecule has 100 valence electrons. The van der Waals surface area contributed by atoms with Crippen molar-refractivity contribution in [2.75, 3.05) is 27.2 Å². The monoisotopic (exact) mass is 252 g/mol. The van der Waals surface area contributed by atoms with Gasteiger partial charge in [0.2, 0.25) is 5.76 Å². The molecule has 1 fully saturated rings. The molecule has 0 aromatic carbocycles. The predicted molar refractivity (Wildman–Crippen MR) is 67.4 cm³/mol. The third-order valence-electron chi connectivity index (χ3n) is 3.42. The summed E-state index contributed by atoms with van der Waals surface area (Å²) in [6.45, 7) is 2.88. The number of rotatable bonds is 4. The number of nitrogens with one attached hydrogen (secondary N) is 1. The van der Waals surface area contributed by atoms with Crippen molar-refractivity contribution in [3.05, 3.63) is 23.7 Å². The molecule has 0 bridgehead atoms. The van der Waals surface area contributed by atoms with E-state index in [1.54, 1.807) is 0 Å². The normalized spacial score (nSPS) is 17.9. The van der Waals surface area contributed by atoms with E-state index in [-0.39, 0.29) is 0 Å². The maximum Gasteiger partial charge on any atom is 0.374 e. The number of likely N-dealkylation sites (tertiary alicyclic amines) is 1. The van der Waals surface area contributed by atoms with Crippen molar-refractivity contribution in [1.29, 1.82) is 0 Å². The zero-order valence-corrected chi connectivity index (χ0v) is 10.9. The maximum atomic E-state index is 11.4. The van der Waals surface area contributed by atoms with Crippen LogP contribution in [0, 0.1) is 0 Å². The molecule has 1 N–H and O–H groups in total. The highest BCUT2D eigenvalue weighted by Gasteiger charge is 2.19. The summed E-state index contributed by atoms with van der Waals surface area (Å²) >= 11 is 0. The van der Waals surface area contributed by atoms with Crippen molar-refractivity contribution in [3.8, 4) is 0 Å². The van der Waals surface area contributed by atoms with Crippen molar-refractivity contribution < 1.29 is 13.9 Å². The number of hydrogen-bond acceptors (Lipinski definition) is 5. The summed E-state index contributed by atoms with van der Waals surface area (Å²) in [5, 5.41) is 3.47. The van der Waals surface area contributed by atoms with Crippen LogP contribution in [0.3, 0.4) is 0 Å². The van der Waals surface area contributed by atoms with Crippen molar-refractivity contribution >= 4 is 5.97 Å². The molecule has 0 spiro atoms. The molecule has 0 unspecified atom stereocenters. The Bertz CT molecular complexity index is 395. The van der Waals surface area contributed by atoms with Gasteiger partial charge in [-0.1, -0.05) is 0 Å². The average molecular weight is 252 g/mol. The van der Waals surface area contributed by atoms with E-state index in [9.17, 15) is 4.79 Å². The van der Waals surface area contributed by atoms with Gasteiger partial charge >= 0.3 is 5.97 Å². The van der Waals surface area contributed by atoms with E-state index in [2.05, 4.69) is 22.0 Å². The fourth-order valence-corrected chi connectivity index (χ4v) is 2.21. The zero-order valence-electron chi connectivity index (χ0n) is 10.9. The number of carbonyl (C=O) groups is 1.